The van der Waals surface area contributed by atoms with Crippen LogP contribution in [-0.2, 0) is 16.0 Å². The van der Waals surface area contributed by atoms with Crippen LogP contribution in [0.1, 0.15) is 32.9 Å². The molecule has 0 aromatic carbocycles. The molecule has 0 spiro atoms. The lowest BCUT2D eigenvalue weighted by molar-refractivity contribution is -0.150. The van der Waals surface area contributed by atoms with Crippen LogP contribution in [0.25, 0.3) is 0 Å². The van der Waals surface area contributed by atoms with Crippen molar-refractivity contribution in [2.45, 2.75) is 45.8 Å². The first-order chi connectivity index (χ1) is 7.99. The molecule has 1 rings (SSSR count). The number of aromatic amines is 1. The fourth-order valence-electron chi connectivity index (χ4n) is 1.71. The van der Waals surface area contributed by atoms with E-state index in [9.17, 15) is 4.79 Å². The van der Waals surface area contributed by atoms with E-state index in [-0.39, 0.29) is 12.1 Å². The van der Waals surface area contributed by atoms with E-state index in [1.807, 2.05) is 6.92 Å². The van der Waals surface area contributed by atoms with Crippen molar-refractivity contribution in [3.8, 4) is 0 Å². The number of nitrogens with two attached hydrogens (primary N) is 1. The van der Waals surface area contributed by atoms with Crippen LogP contribution >= 0.6 is 0 Å². The highest BCUT2D eigenvalue weighted by Crippen LogP contribution is 2.09. The van der Waals surface area contributed by atoms with Crippen LogP contribution in [0.15, 0.2) is 12.5 Å². The van der Waals surface area contributed by atoms with Crippen molar-refractivity contribution < 1.29 is 9.53 Å². The topological polar surface area (TPSA) is 81.0 Å². The zero-order valence-corrected chi connectivity index (χ0v) is 10.6. The Balaban J connectivity index is 2.36. The smallest absolute Gasteiger partial charge is 0.323 e. The molecule has 1 aromatic rings. The maximum Gasteiger partial charge on any atom is 0.323 e. The number of H-pyrrole nitrogens is 1. The van der Waals surface area contributed by atoms with Gasteiger partial charge in [-0.3, -0.25) is 4.79 Å². The minimum absolute atomic E-state index is 0.0877. The molecule has 5 heteroatoms. The summed E-state index contributed by atoms with van der Waals surface area (Å²) < 4.78 is 5.27. The van der Waals surface area contributed by atoms with Crippen molar-refractivity contribution >= 4 is 5.97 Å². The predicted molar refractivity (Wildman–Crippen MR) is 65.3 cm³/mol. The molecule has 96 valence electrons. The number of carbonyl (C=O) groups excluding carboxylic acids is 1. The molecule has 0 saturated heterocycles. The van der Waals surface area contributed by atoms with Crippen LogP contribution in [-0.4, -0.2) is 28.1 Å². The molecule has 3 N–H and O–H groups in total. The molecule has 1 heterocycles. The number of aromatic nitrogens is 2. The fraction of sp³-hybridized carbons (Fsp3) is 0.667. The van der Waals surface area contributed by atoms with E-state index in [0.29, 0.717) is 12.3 Å². The first-order valence-electron chi connectivity index (χ1n) is 5.92. The third kappa shape index (κ3) is 4.99. The Bertz CT molecular complexity index is 336. The SMILES string of the molecule is CC(C)CC(C)OC(=O)[C@H](N)Cc1cnc[nH]1. The molecule has 2 atom stereocenters. The third-order valence-corrected chi connectivity index (χ3v) is 2.42. The Hall–Kier alpha value is -1.36. The van der Waals surface area contributed by atoms with Gasteiger partial charge in [0.2, 0.25) is 0 Å². The summed E-state index contributed by atoms with van der Waals surface area (Å²) in [6.45, 7) is 6.07. The molecule has 0 aliphatic rings. The highest BCUT2D eigenvalue weighted by molar-refractivity contribution is 5.75. The molecular weight excluding hydrogens is 218 g/mol. The van der Waals surface area contributed by atoms with Crippen LogP contribution < -0.4 is 5.73 Å². The van der Waals surface area contributed by atoms with E-state index in [4.69, 9.17) is 10.5 Å². The van der Waals surface area contributed by atoms with E-state index in [2.05, 4.69) is 23.8 Å². The average Bonchev–Trinajstić information content (AvgIpc) is 2.68. The van der Waals surface area contributed by atoms with Gasteiger partial charge in [-0.15, -0.1) is 0 Å². The van der Waals surface area contributed by atoms with Crippen molar-refractivity contribution in [3.05, 3.63) is 18.2 Å². The van der Waals surface area contributed by atoms with Gasteiger partial charge in [0.25, 0.3) is 0 Å². The summed E-state index contributed by atoms with van der Waals surface area (Å²) in [6, 6.07) is -0.634. The number of hydrogen-bond acceptors (Lipinski definition) is 4. The van der Waals surface area contributed by atoms with Gasteiger partial charge in [0.15, 0.2) is 0 Å². The van der Waals surface area contributed by atoms with Gasteiger partial charge in [-0.2, -0.15) is 0 Å². The molecule has 0 aliphatic heterocycles. The van der Waals surface area contributed by atoms with Gasteiger partial charge in [-0.05, 0) is 19.3 Å². The zero-order chi connectivity index (χ0) is 12.8. The standard InChI is InChI=1S/C12H21N3O2/c1-8(2)4-9(3)17-12(16)11(13)5-10-6-14-7-15-10/h6-9,11H,4-5,13H2,1-3H3,(H,14,15)/t9?,11-/m1/s1. The number of hydrogen-bond donors (Lipinski definition) is 2. The fourth-order valence-corrected chi connectivity index (χ4v) is 1.71. The quantitative estimate of drug-likeness (QED) is 0.732. The van der Waals surface area contributed by atoms with Crippen molar-refractivity contribution in [1.82, 2.24) is 9.97 Å². The maximum atomic E-state index is 11.7. The van der Waals surface area contributed by atoms with E-state index in [1.165, 1.54) is 0 Å². The number of nitrogens with one attached hydrogen (secondary N) is 1. The molecule has 5 nitrogen and oxygen atoms in total. The number of nitrogens with zero attached hydrogens (tertiary/aromatic N) is 1. The molecule has 1 aromatic heterocycles. The summed E-state index contributed by atoms with van der Waals surface area (Å²) in [4.78, 5) is 18.5. The first-order valence-corrected chi connectivity index (χ1v) is 5.92. The van der Waals surface area contributed by atoms with Gasteiger partial charge >= 0.3 is 5.97 Å². The van der Waals surface area contributed by atoms with Gasteiger partial charge in [0.1, 0.15) is 6.04 Å². The van der Waals surface area contributed by atoms with E-state index < -0.39 is 6.04 Å². The van der Waals surface area contributed by atoms with Crippen LogP contribution in [0.4, 0.5) is 0 Å². The van der Waals surface area contributed by atoms with Crippen molar-refractivity contribution in [2.75, 3.05) is 0 Å². The summed E-state index contributed by atoms with van der Waals surface area (Å²) in [6.07, 6.45) is 4.41. The average molecular weight is 239 g/mol. The predicted octanol–water partition coefficient (Wildman–Crippen LogP) is 1.26. The van der Waals surface area contributed by atoms with Crippen molar-refractivity contribution in [1.29, 1.82) is 0 Å². The number of ether oxygens (including phenoxy) is 1. The molecule has 0 aliphatic carbocycles. The Labute approximate surface area is 102 Å². The Kier molecular flexibility index (Phi) is 5.15. The van der Waals surface area contributed by atoms with Crippen molar-refractivity contribution in [2.24, 2.45) is 11.7 Å². The highest BCUT2D eigenvalue weighted by atomic mass is 16.5. The maximum absolute atomic E-state index is 11.7. The number of esters is 1. The summed E-state index contributed by atoms with van der Waals surface area (Å²) in [5, 5.41) is 0. The Morgan fingerprint density at radius 2 is 2.24 bits per heavy atom. The lowest BCUT2D eigenvalue weighted by Crippen LogP contribution is -2.36. The lowest BCUT2D eigenvalue weighted by Gasteiger charge is -2.17. The second-order valence-electron chi connectivity index (χ2n) is 4.76. The molecule has 0 saturated carbocycles. The van der Waals surface area contributed by atoms with Crippen molar-refractivity contribution in [3.63, 3.8) is 0 Å². The normalized spacial score (nSPS) is 14.6. The second-order valence-corrected chi connectivity index (χ2v) is 4.76. The van der Waals surface area contributed by atoms with Gasteiger partial charge in [-0.25, -0.2) is 4.98 Å². The first kappa shape index (κ1) is 13.7. The molecule has 0 fully saturated rings. The molecule has 0 radical (unpaired) electrons. The van der Waals surface area contributed by atoms with E-state index >= 15 is 0 Å². The summed E-state index contributed by atoms with van der Waals surface area (Å²) in [7, 11) is 0. The molecular formula is C12H21N3O2. The molecule has 1 unspecified atom stereocenters. The monoisotopic (exact) mass is 239 g/mol. The minimum Gasteiger partial charge on any atom is -0.461 e. The van der Waals surface area contributed by atoms with Gasteiger partial charge in [0.05, 0.1) is 12.4 Å². The second kappa shape index (κ2) is 6.39. The van der Waals surface area contributed by atoms with Gasteiger partial charge in [0, 0.05) is 18.3 Å². The van der Waals surface area contributed by atoms with E-state index in [1.54, 1.807) is 12.5 Å². The zero-order valence-electron chi connectivity index (χ0n) is 10.6. The van der Waals surface area contributed by atoms with Gasteiger partial charge in [-0.1, -0.05) is 13.8 Å². The lowest BCUT2D eigenvalue weighted by atomic mass is 10.1. The Morgan fingerprint density at radius 1 is 1.53 bits per heavy atom. The summed E-state index contributed by atoms with van der Waals surface area (Å²) >= 11 is 0. The summed E-state index contributed by atoms with van der Waals surface area (Å²) in [5.74, 6) is 0.148. The number of imidazole rings is 1. The highest BCUT2D eigenvalue weighted by Gasteiger charge is 2.19. The molecule has 0 bridgehead atoms. The number of carbonyl (C=O) groups is 1. The van der Waals surface area contributed by atoms with Crippen LogP contribution in [0.3, 0.4) is 0 Å². The van der Waals surface area contributed by atoms with Crippen LogP contribution in [0.2, 0.25) is 0 Å². The Morgan fingerprint density at radius 3 is 2.76 bits per heavy atom. The van der Waals surface area contributed by atoms with Crippen LogP contribution in [0.5, 0.6) is 0 Å². The molecule has 17 heavy (non-hydrogen) atoms. The third-order valence-electron chi connectivity index (χ3n) is 2.42. The van der Waals surface area contributed by atoms with E-state index in [0.717, 1.165) is 12.1 Å². The summed E-state index contributed by atoms with van der Waals surface area (Å²) in [5.41, 5.74) is 6.60. The van der Waals surface area contributed by atoms with Crippen LogP contribution in [0, 0.1) is 5.92 Å². The largest absolute Gasteiger partial charge is 0.461 e. The minimum atomic E-state index is -0.634. The number of rotatable bonds is 6. The van der Waals surface area contributed by atoms with Gasteiger partial charge < -0.3 is 15.5 Å². The molecule has 0 amide bonds.